The van der Waals surface area contributed by atoms with Gasteiger partial charge >= 0.3 is 0 Å². The summed E-state index contributed by atoms with van der Waals surface area (Å²) in [7, 11) is -3.86. The molecule has 4 aromatic rings. The zero-order chi connectivity index (χ0) is 21.6. The van der Waals surface area contributed by atoms with Crippen LogP contribution >= 0.6 is 0 Å². The van der Waals surface area contributed by atoms with Gasteiger partial charge in [0.25, 0.3) is 0 Å². The molecule has 1 aliphatic heterocycles. The number of fused-ring (bicyclic) bond motifs is 1. The lowest BCUT2D eigenvalue weighted by Crippen LogP contribution is -2.34. The van der Waals surface area contributed by atoms with Gasteiger partial charge in [-0.2, -0.15) is 9.40 Å². The summed E-state index contributed by atoms with van der Waals surface area (Å²) in [6.07, 6.45) is 6.44. The molecule has 8 heteroatoms. The Morgan fingerprint density at radius 2 is 2.00 bits per heavy atom. The average Bonchev–Trinajstić information content (AvgIpc) is 3.49. The molecule has 5 rings (SSSR count). The van der Waals surface area contributed by atoms with Gasteiger partial charge in [0.05, 0.1) is 6.20 Å². The first-order valence-corrected chi connectivity index (χ1v) is 11.7. The van der Waals surface area contributed by atoms with E-state index in [4.69, 9.17) is 0 Å². The van der Waals surface area contributed by atoms with Crippen molar-refractivity contribution in [3.05, 3.63) is 72.9 Å². The maximum Gasteiger partial charge on any atom is 0.246 e. The van der Waals surface area contributed by atoms with Crippen molar-refractivity contribution in [3.8, 4) is 11.1 Å². The maximum atomic E-state index is 14.2. The predicted octanol–water partition coefficient (Wildman–Crippen LogP) is 4.27. The second-order valence-electron chi connectivity index (χ2n) is 8.18. The smallest absolute Gasteiger partial charge is 0.246 e. The van der Waals surface area contributed by atoms with Crippen molar-refractivity contribution in [2.45, 2.75) is 30.8 Å². The normalized spacial score (nSPS) is 19.9. The van der Waals surface area contributed by atoms with Crippen LogP contribution in [0.25, 0.3) is 22.0 Å². The Kier molecular flexibility index (Phi) is 4.91. The van der Waals surface area contributed by atoms with Crippen molar-refractivity contribution in [1.82, 2.24) is 19.1 Å². The minimum atomic E-state index is -3.86. The molecule has 0 bridgehead atoms. The van der Waals surface area contributed by atoms with Gasteiger partial charge in [0.2, 0.25) is 10.0 Å². The van der Waals surface area contributed by atoms with Gasteiger partial charge < -0.3 is 4.57 Å². The summed E-state index contributed by atoms with van der Waals surface area (Å²) in [5.41, 5.74) is 3.24. The van der Waals surface area contributed by atoms with Gasteiger partial charge in [-0.1, -0.05) is 18.2 Å². The van der Waals surface area contributed by atoms with Crippen LogP contribution in [0.4, 0.5) is 4.39 Å². The fourth-order valence-corrected chi connectivity index (χ4v) is 6.37. The van der Waals surface area contributed by atoms with Gasteiger partial charge in [-0.25, -0.2) is 12.8 Å². The van der Waals surface area contributed by atoms with Gasteiger partial charge in [0.1, 0.15) is 10.7 Å². The molecule has 6 nitrogen and oxygen atoms in total. The van der Waals surface area contributed by atoms with Crippen LogP contribution in [0.3, 0.4) is 0 Å². The standard InChI is InChI=1S/C23H23FN4O2S/c1-16-10-17(15-28(16)31(29,30)23-5-3-2-4-21(23)24)14-27-9-8-19-11-18(6-7-22(19)27)20-12-25-26-13-20/h2-9,11-13,16-17H,10,14-15H2,1H3,(H,25,26)/t16-,17+/m0/s1. The number of benzene rings is 2. The fraction of sp³-hybridized carbons (Fsp3) is 0.261. The summed E-state index contributed by atoms with van der Waals surface area (Å²) >= 11 is 0. The third-order valence-electron chi connectivity index (χ3n) is 6.08. The molecule has 0 unspecified atom stereocenters. The molecule has 160 valence electrons. The highest BCUT2D eigenvalue weighted by molar-refractivity contribution is 7.89. The number of aromatic nitrogens is 3. The molecular weight excluding hydrogens is 415 g/mol. The first-order valence-electron chi connectivity index (χ1n) is 10.3. The molecule has 0 aliphatic carbocycles. The number of hydrogen-bond acceptors (Lipinski definition) is 3. The van der Waals surface area contributed by atoms with Crippen LogP contribution in [-0.4, -0.2) is 40.1 Å². The molecule has 0 amide bonds. The summed E-state index contributed by atoms with van der Waals surface area (Å²) in [6, 6.07) is 13.8. The van der Waals surface area contributed by atoms with E-state index in [1.807, 2.05) is 19.3 Å². The minimum absolute atomic E-state index is 0.153. The number of sulfonamides is 1. The van der Waals surface area contributed by atoms with Gasteiger partial charge in [-0.15, -0.1) is 0 Å². The van der Waals surface area contributed by atoms with Gasteiger partial charge in [-0.3, -0.25) is 5.10 Å². The largest absolute Gasteiger partial charge is 0.347 e. The SMILES string of the molecule is C[C@H]1C[C@H](Cn2ccc3cc(-c4cn[nH]c4)ccc32)CN1S(=O)(=O)c1ccccc1F. The Balaban J connectivity index is 1.37. The topological polar surface area (TPSA) is 71.0 Å². The van der Waals surface area contributed by atoms with E-state index in [1.165, 1.54) is 22.5 Å². The number of hydrogen-bond donors (Lipinski definition) is 1. The van der Waals surface area contributed by atoms with E-state index in [0.29, 0.717) is 13.1 Å². The summed E-state index contributed by atoms with van der Waals surface area (Å²) in [6.45, 7) is 2.98. The summed E-state index contributed by atoms with van der Waals surface area (Å²) < 4.78 is 43.9. The number of nitrogens with zero attached hydrogens (tertiary/aromatic N) is 3. The Labute approximate surface area is 180 Å². The number of halogens is 1. The second-order valence-corrected chi connectivity index (χ2v) is 10.0. The lowest BCUT2D eigenvalue weighted by molar-refractivity contribution is 0.396. The molecule has 2 atom stereocenters. The Morgan fingerprint density at radius 1 is 1.16 bits per heavy atom. The third kappa shape index (κ3) is 3.55. The average molecular weight is 439 g/mol. The Morgan fingerprint density at radius 3 is 2.77 bits per heavy atom. The molecular formula is C23H23FN4O2S. The van der Waals surface area contributed by atoms with E-state index in [-0.39, 0.29) is 16.9 Å². The van der Waals surface area contributed by atoms with E-state index >= 15 is 0 Å². The van der Waals surface area contributed by atoms with E-state index in [9.17, 15) is 12.8 Å². The third-order valence-corrected chi connectivity index (χ3v) is 8.10. The van der Waals surface area contributed by atoms with E-state index in [1.54, 1.807) is 12.3 Å². The fourth-order valence-electron chi connectivity index (χ4n) is 4.58. The maximum absolute atomic E-state index is 14.2. The highest BCUT2D eigenvalue weighted by atomic mass is 32.2. The van der Waals surface area contributed by atoms with Crippen molar-refractivity contribution in [3.63, 3.8) is 0 Å². The summed E-state index contributed by atoms with van der Waals surface area (Å²) in [5.74, 6) is -0.552. The molecule has 0 spiro atoms. The van der Waals surface area contributed by atoms with Crippen molar-refractivity contribution in [2.75, 3.05) is 6.54 Å². The van der Waals surface area contributed by atoms with Crippen molar-refractivity contribution < 1.29 is 12.8 Å². The van der Waals surface area contributed by atoms with Crippen LogP contribution < -0.4 is 0 Å². The molecule has 1 aliphatic rings. The number of aromatic amines is 1. The van der Waals surface area contributed by atoms with Crippen LogP contribution in [0.2, 0.25) is 0 Å². The number of nitrogens with one attached hydrogen (secondary N) is 1. The Hall–Kier alpha value is -2.97. The molecule has 1 saturated heterocycles. The van der Waals surface area contributed by atoms with Crippen LogP contribution in [0.1, 0.15) is 13.3 Å². The quantitative estimate of drug-likeness (QED) is 0.506. The highest BCUT2D eigenvalue weighted by Crippen LogP contribution is 2.32. The monoisotopic (exact) mass is 438 g/mol. The van der Waals surface area contributed by atoms with E-state index in [0.717, 1.165) is 28.5 Å². The lowest BCUT2D eigenvalue weighted by Gasteiger charge is -2.21. The van der Waals surface area contributed by atoms with Crippen LogP contribution in [0.15, 0.2) is 72.0 Å². The predicted molar refractivity (Wildman–Crippen MR) is 117 cm³/mol. The van der Waals surface area contributed by atoms with E-state index < -0.39 is 15.8 Å². The van der Waals surface area contributed by atoms with Gasteiger partial charge in [-0.05, 0) is 55.2 Å². The zero-order valence-electron chi connectivity index (χ0n) is 17.1. The van der Waals surface area contributed by atoms with Gasteiger partial charge in [0, 0.05) is 48.0 Å². The van der Waals surface area contributed by atoms with Crippen LogP contribution in [0, 0.1) is 11.7 Å². The second kappa shape index (κ2) is 7.62. The summed E-state index contributed by atoms with van der Waals surface area (Å²) in [4.78, 5) is -0.249. The molecule has 3 heterocycles. The van der Waals surface area contributed by atoms with Crippen molar-refractivity contribution in [2.24, 2.45) is 5.92 Å². The molecule has 0 radical (unpaired) electrons. The molecule has 2 aromatic carbocycles. The molecule has 1 fully saturated rings. The van der Waals surface area contributed by atoms with Gasteiger partial charge in [0.15, 0.2) is 0 Å². The lowest BCUT2D eigenvalue weighted by atomic mass is 10.1. The molecule has 2 aromatic heterocycles. The van der Waals surface area contributed by atoms with Crippen LogP contribution in [0.5, 0.6) is 0 Å². The van der Waals surface area contributed by atoms with Crippen molar-refractivity contribution in [1.29, 1.82) is 0 Å². The summed E-state index contributed by atoms with van der Waals surface area (Å²) in [5, 5.41) is 7.96. The number of rotatable bonds is 5. The molecule has 0 saturated carbocycles. The highest BCUT2D eigenvalue weighted by Gasteiger charge is 2.39. The molecule has 1 N–H and O–H groups in total. The Bertz CT molecular complexity index is 1330. The minimum Gasteiger partial charge on any atom is -0.347 e. The molecule has 31 heavy (non-hydrogen) atoms. The first kappa shape index (κ1) is 20.0. The van der Waals surface area contributed by atoms with Crippen molar-refractivity contribution >= 4 is 20.9 Å². The zero-order valence-corrected chi connectivity index (χ0v) is 17.9. The first-order chi connectivity index (χ1) is 14.9. The number of H-pyrrole nitrogens is 1. The van der Waals surface area contributed by atoms with E-state index in [2.05, 4.69) is 39.0 Å². The van der Waals surface area contributed by atoms with Crippen LogP contribution in [-0.2, 0) is 16.6 Å².